The molecule has 2 rings (SSSR count). The minimum atomic E-state index is -0.453. The van der Waals surface area contributed by atoms with E-state index in [4.69, 9.17) is 0 Å². The van der Waals surface area contributed by atoms with Crippen LogP contribution in [0.2, 0.25) is 0 Å². The molecule has 1 saturated heterocycles. The highest BCUT2D eigenvalue weighted by molar-refractivity contribution is 4.98. The van der Waals surface area contributed by atoms with Gasteiger partial charge < -0.3 is 10.4 Å². The molecule has 0 aromatic carbocycles. The Morgan fingerprint density at radius 1 is 1.50 bits per heavy atom. The third kappa shape index (κ3) is 1.81. The smallest absolute Gasteiger partial charge is 0.0774 e. The van der Waals surface area contributed by atoms with Crippen LogP contribution in [0, 0.1) is 0 Å². The maximum Gasteiger partial charge on any atom is 0.0774 e. The zero-order chi connectivity index (χ0) is 10.2. The topological polar surface area (TPSA) is 35.5 Å². The van der Waals surface area contributed by atoms with E-state index in [1.807, 2.05) is 6.92 Å². The summed E-state index contributed by atoms with van der Waals surface area (Å²) in [6.45, 7) is 7.46. The molecule has 14 heavy (non-hydrogen) atoms. The first kappa shape index (κ1) is 10.4. The summed E-state index contributed by atoms with van der Waals surface area (Å²) >= 11 is 0. The van der Waals surface area contributed by atoms with Gasteiger partial charge in [-0.1, -0.05) is 0 Å². The summed E-state index contributed by atoms with van der Waals surface area (Å²) in [6, 6.07) is 0.956. The molecule has 82 valence electrons. The number of rotatable bonds is 1. The van der Waals surface area contributed by atoms with Gasteiger partial charge in [0.2, 0.25) is 0 Å². The van der Waals surface area contributed by atoms with Crippen LogP contribution in [0.25, 0.3) is 0 Å². The second-order valence-corrected chi connectivity index (χ2v) is 5.06. The van der Waals surface area contributed by atoms with Crippen molar-refractivity contribution in [2.45, 2.75) is 50.8 Å². The molecule has 0 radical (unpaired) electrons. The number of nitrogens with one attached hydrogen (secondary N) is 1. The van der Waals surface area contributed by atoms with Crippen LogP contribution in [0.1, 0.15) is 33.1 Å². The summed E-state index contributed by atoms with van der Waals surface area (Å²) in [7, 11) is 0. The Morgan fingerprint density at radius 2 is 2.29 bits per heavy atom. The van der Waals surface area contributed by atoms with Crippen LogP contribution in [0.5, 0.6) is 0 Å². The quantitative estimate of drug-likeness (QED) is 0.647. The summed E-state index contributed by atoms with van der Waals surface area (Å²) in [5, 5.41) is 13.7. The van der Waals surface area contributed by atoms with E-state index < -0.39 is 5.60 Å². The molecule has 0 aromatic rings. The minimum absolute atomic E-state index is 0.389. The number of hydrogen-bond acceptors (Lipinski definition) is 3. The van der Waals surface area contributed by atoms with Crippen LogP contribution < -0.4 is 5.32 Å². The van der Waals surface area contributed by atoms with E-state index in [9.17, 15) is 5.11 Å². The SMILES string of the molecule is C[C@H]1CNCCN1C1CCCC1(C)O. The molecule has 1 saturated carbocycles. The van der Waals surface area contributed by atoms with Crippen molar-refractivity contribution in [3.05, 3.63) is 0 Å². The van der Waals surface area contributed by atoms with Crippen molar-refractivity contribution in [3.63, 3.8) is 0 Å². The van der Waals surface area contributed by atoms with Crippen LogP contribution in [-0.4, -0.2) is 47.3 Å². The van der Waals surface area contributed by atoms with E-state index in [0.717, 1.165) is 32.5 Å². The first-order valence-corrected chi connectivity index (χ1v) is 5.80. The van der Waals surface area contributed by atoms with Crippen LogP contribution >= 0.6 is 0 Å². The van der Waals surface area contributed by atoms with Crippen LogP contribution in [-0.2, 0) is 0 Å². The van der Waals surface area contributed by atoms with Crippen molar-refractivity contribution < 1.29 is 5.11 Å². The molecule has 2 aliphatic rings. The van der Waals surface area contributed by atoms with E-state index in [-0.39, 0.29) is 0 Å². The number of piperazine rings is 1. The van der Waals surface area contributed by atoms with Gasteiger partial charge in [0.1, 0.15) is 0 Å². The lowest BCUT2D eigenvalue weighted by Gasteiger charge is -2.43. The van der Waals surface area contributed by atoms with E-state index in [2.05, 4.69) is 17.1 Å². The fourth-order valence-electron chi connectivity index (χ4n) is 2.97. The molecule has 1 heterocycles. The zero-order valence-corrected chi connectivity index (χ0v) is 9.29. The van der Waals surface area contributed by atoms with Crippen LogP contribution in [0.3, 0.4) is 0 Å². The third-order valence-corrected chi connectivity index (χ3v) is 3.83. The highest BCUT2D eigenvalue weighted by atomic mass is 16.3. The Morgan fingerprint density at radius 3 is 2.86 bits per heavy atom. The molecule has 3 nitrogen and oxygen atoms in total. The fourth-order valence-corrected chi connectivity index (χ4v) is 2.97. The molecular weight excluding hydrogens is 176 g/mol. The summed E-state index contributed by atoms with van der Waals surface area (Å²) in [4.78, 5) is 2.49. The Hall–Kier alpha value is -0.120. The maximum atomic E-state index is 10.3. The molecule has 2 unspecified atom stereocenters. The lowest BCUT2D eigenvalue weighted by Crippen LogP contribution is -2.58. The summed E-state index contributed by atoms with van der Waals surface area (Å²) in [5.41, 5.74) is -0.453. The lowest BCUT2D eigenvalue weighted by molar-refractivity contribution is -0.0322. The van der Waals surface area contributed by atoms with Gasteiger partial charge in [0.25, 0.3) is 0 Å². The predicted octanol–water partition coefficient (Wildman–Crippen LogP) is 0.584. The Balaban J connectivity index is 2.05. The normalized spacial score (nSPS) is 45.6. The van der Waals surface area contributed by atoms with Crippen molar-refractivity contribution in [2.75, 3.05) is 19.6 Å². The van der Waals surface area contributed by atoms with E-state index in [1.54, 1.807) is 0 Å². The van der Waals surface area contributed by atoms with Gasteiger partial charge in [-0.25, -0.2) is 0 Å². The maximum absolute atomic E-state index is 10.3. The molecule has 0 bridgehead atoms. The molecule has 1 aliphatic carbocycles. The van der Waals surface area contributed by atoms with Crippen molar-refractivity contribution >= 4 is 0 Å². The van der Waals surface area contributed by atoms with E-state index in [1.165, 1.54) is 6.42 Å². The third-order valence-electron chi connectivity index (χ3n) is 3.83. The average Bonchev–Trinajstić information content (AvgIpc) is 2.46. The molecule has 1 aliphatic heterocycles. The number of nitrogens with zero attached hydrogens (tertiary/aromatic N) is 1. The summed E-state index contributed by atoms with van der Waals surface area (Å²) in [6.07, 6.45) is 3.31. The summed E-state index contributed by atoms with van der Waals surface area (Å²) in [5.74, 6) is 0. The number of aliphatic hydroxyl groups is 1. The number of hydrogen-bond donors (Lipinski definition) is 2. The van der Waals surface area contributed by atoms with Crippen LogP contribution in [0.15, 0.2) is 0 Å². The standard InChI is InChI=1S/C11H22N2O/c1-9-8-12-6-7-13(9)10-4-3-5-11(10,2)14/h9-10,12,14H,3-8H2,1-2H3/t9-,10?,11?/m0/s1. The molecule has 2 N–H and O–H groups in total. The van der Waals surface area contributed by atoms with Gasteiger partial charge in [-0.3, -0.25) is 4.90 Å². The molecular formula is C11H22N2O. The minimum Gasteiger partial charge on any atom is -0.389 e. The van der Waals surface area contributed by atoms with Gasteiger partial charge in [0.15, 0.2) is 0 Å². The fraction of sp³-hybridized carbons (Fsp3) is 1.00. The molecule has 0 spiro atoms. The highest BCUT2D eigenvalue weighted by Gasteiger charge is 2.42. The van der Waals surface area contributed by atoms with E-state index >= 15 is 0 Å². The Kier molecular flexibility index (Phi) is 2.82. The molecule has 3 heteroatoms. The first-order chi connectivity index (χ1) is 6.61. The summed E-state index contributed by atoms with van der Waals surface area (Å²) < 4.78 is 0. The van der Waals surface area contributed by atoms with Gasteiger partial charge in [-0.15, -0.1) is 0 Å². The monoisotopic (exact) mass is 198 g/mol. The van der Waals surface area contributed by atoms with Gasteiger partial charge >= 0.3 is 0 Å². The largest absolute Gasteiger partial charge is 0.389 e. The lowest BCUT2D eigenvalue weighted by atomic mass is 9.97. The van der Waals surface area contributed by atoms with Crippen molar-refractivity contribution in [1.82, 2.24) is 10.2 Å². The molecule has 3 atom stereocenters. The Bertz CT molecular complexity index is 205. The first-order valence-electron chi connectivity index (χ1n) is 5.80. The van der Waals surface area contributed by atoms with Crippen molar-refractivity contribution in [1.29, 1.82) is 0 Å². The average molecular weight is 198 g/mol. The second-order valence-electron chi connectivity index (χ2n) is 5.06. The van der Waals surface area contributed by atoms with Crippen LogP contribution in [0.4, 0.5) is 0 Å². The van der Waals surface area contributed by atoms with Crippen molar-refractivity contribution in [2.24, 2.45) is 0 Å². The second kappa shape index (κ2) is 3.80. The van der Waals surface area contributed by atoms with Crippen molar-refractivity contribution in [3.8, 4) is 0 Å². The zero-order valence-electron chi connectivity index (χ0n) is 9.29. The highest BCUT2D eigenvalue weighted by Crippen LogP contribution is 2.34. The van der Waals surface area contributed by atoms with Gasteiger partial charge in [-0.2, -0.15) is 0 Å². The molecule has 0 amide bonds. The van der Waals surface area contributed by atoms with E-state index in [0.29, 0.717) is 12.1 Å². The Labute approximate surface area is 86.5 Å². The van der Waals surface area contributed by atoms with Gasteiger partial charge in [0, 0.05) is 31.7 Å². The van der Waals surface area contributed by atoms with Gasteiger partial charge in [0.05, 0.1) is 5.60 Å². The van der Waals surface area contributed by atoms with Gasteiger partial charge in [-0.05, 0) is 33.1 Å². The molecule has 2 fully saturated rings. The predicted molar refractivity (Wildman–Crippen MR) is 57.3 cm³/mol. The molecule has 0 aromatic heterocycles.